The highest BCUT2D eigenvalue weighted by Gasteiger charge is 2.22. The van der Waals surface area contributed by atoms with Crippen molar-refractivity contribution in [3.05, 3.63) is 0 Å². The molecule has 0 aliphatic carbocycles. The van der Waals surface area contributed by atoms with Crippen LogP contribution in [-0.2, 0) is 10.2 Å². The van der Waals surface area contributed by atoms with Crippen molar-refractivity contribution in [3.63, 3.8) is 0 Å². The van der Waals surface area contributed by atoms with Gasteiger partial charge in [-0.2, -0.15) is 12.7 Å². The zero-order chi connectivity index (χ0) is 13.6. The standard InChI is InChI=1S/C10H23N3O2S2/c1-5-13(7-9(4)10(11)16)17(14,15)12-6-8(2)3/h8-9,12H,5-7H2,1-4H3,(H2,11,16). The minimum Gasteiger partial charge on any atom is -0.393 e. The third kappa shape index (κ3) is 6.30. The lowest BCUT2D eigenvalue weighted by molar-refractivity contribution is 0.395. The fraction of sp³-hybridized carbons (Fsp3) is 0.900. The van der Waals surface area contributed by atoms with Gasteiger partial charge in [-0.25, -0.2) is 4.72 Å². The third-order valence-electron chi connectivity index (χ3n) is 2.33. The Kier molecular flexibility index (Phi) is 7.15. The Balaban J connectivity index is 4.58. The van der Waals surface area contributed by atoms with Crippen LogP contribution in [0.15, 0.2) is 0 Å². The van der Waals surface area contributed by atoms with E-state index in [1.165, 1.54) is 4.31 Å². The fourth-order valence-corrected chi connectivity index (χ4v) is 2.72. The molecule has 0 heterocycles. The molecular weight excluding hydrogens is 258 g/mol. The van der Waals surface area contributed by atoms with E-state index in [1.807, 2.05) is 20.8 Å². The Morgan fingerprint density at radius 1 is 1.41 bits per heavy atom. The molecule has 0 aromatic carbocycles. The van der Waals surface area contributed by atoms with Crippen LogP contribution >= 0.6 is 12.2 Å². The number of thiocarbonyl (C=S) groups is 1. The van der Waals surface area contributed by atoms with Crippen LogP contribution < -0.4 is 10.5 Å². The SMILES string of the molecule is CCN(CC(C)C(N)=S)S(=O)(=O)NCC(C)C. The summed E-state index contributed by atoms with van der Waals surface area (Å²) in [5.41, 5.74) is 5.49. The van der Waals surface area contributed by atoms with Gasteiger partial charge in [-0.3, -0.25) is 0 Å². The van der Waals surface area contributed by atoms with E-state index in [1.54, 1.807) is 6.92 Å². The second-order valence-electron chi connectivity index (χ2n) is 4.50. The Labute approximate surface area is 110 Å². The molecule has 0 amide bonds. The molecule has 1 unspecified atom stereocenters. The fourth-order valence-electron chi connectivity index (χ4n) is 1.16. The average Bonchev–Trinajstić information content (AvgIpc) is 2.22. The highest BCUT2D eigenvalue weighted by Crippen LogP contribution is 2.05. The van der Waals surface area contributed by atoms with Gasteiger partial charge in [0, 0.05) is 25.6 Å². The summed E-state index contributed by atoms with van der Waals surface area (Å²) >= 11 is 4.85. The average molecular weight is 281 g/mol. The van der Waals surface area contributed by atoms with Gasteiger partial charge in [-0.15, -0.1) is 0 Å². The van der Waals surface area contributed by atoms with Crippen LogP contribution in [0.1, 0.15) is 27.7 Å². The molecule has 1 atom stereocenters. The lowest BCUT2D eigenvalue weighted by atomic mass is 10.2. The number of hydrogen-bond acceptors (Lipinski definition) is 3. The predicted molar refractivity (Wildman–Crippen MR) is 75.0 cm³/mol. The first kappa shape index (κ1) is 16.8. The number of nitrogens with zero attached hydrogens (tertiary/aromatic N) is 1. The summed E-state index contributed by atoms with van der Waals surface area (Å²) < 4.78 is 27.8. The van der Waals surface area contributed by atoms with E-state index in [-0.39, 0.29) is 11.8 Å². The summed E-state index contributed by atoms with van der Waals surface area (Å²) in [5.74, 6) is 0.150. The number of nitrogens with two attached hydrogens (primary N) is 1. The van der Waals surface area contributed by atoms with Crippen LogP contribution in [0.5, 0.6) is 0 Å². The molecular formula is C10H23N3O2S2. The van der Waals surface area contributed by atoms with Crippen molar-refractivity contribution in [2.75, 3.05) is 19.6 Å². The monoisotopic (exact) mass is 281 g/mol. The van der Waals surface area contributed by atoms with Gasteiger partial charge in [0.1, 0.15) is 0 Å². The zero-order valence-corrected chi connectivity index (χ0v) is 12.6. The van der Waals surface area contributed by atoms with Gasteiger partial charge in [-0.1, -0.05) is 39.9 Å². The molecule has 0 spiro atoms. The quantitative estimate of drug-likeness (QED) is 0.643. The number of hydrogen-bond donors (Lipinski definition) is 2. The highest BCUT2D eigenvalue weighted by atomic mass is 32.2. The lowest BCUT2D eigenvalue weighted by Gasteiger charge is -2.24. The molecule has 0 saturated heterocycles. The molecule has 0 aromatic rings. The number of nitrogens with one attached hydrogen (secondary N) is 1. The van der Waals surface area contributed by atoms with Crippen LogP contribution in [0.4, 0.5) is 0 Å². The Morgan fingerprint density at radius 3 is 2.29 bits per heavy atom. The van der Waals surface area contributed by atoms with E-state index in [0.29, 0.717) is 24.6 Å². The molecule has 7 heteroatoms. The van der Waals surface area contributed by atoms with Crippen LogP contribution in [0, 0.1) is 11.8 Å². The summed E-state index contributed by atoms with van der Waals surface area (Å²) in [6.45, 7) is 8.68. The van der Waals surface area contributed by atoms with Crippen molar-refractivity contribution in [3.8, 4) is 0 Å². The molecule has 5 nitrogen and oxygen atoms in total. The number of rotatable bonds is 8. The second-order valence-corrected chi connectivity index (χ2v) is 6.73. The van der Waals surface area contributed by atoms with E-state index < -0.39 is 10.2 Å². The minimum atomic E-state index is -3.43. The van der Waals surface area contributed by atoms with Gasteiger partial charge < -0.3 is 5.73 Å². The molecule has 0 aliphatic rings. The summed E-state index contributed by atoms with van der Waals surface area (Å²) in [6, 6.07) is 0. The Bertz CT molecular complexity index is 341. The first-order chi connectivity index (χ1) is 7.70. The lowest BCUT2D eigenvalue weighted by Crippen LogP contribution is -2.45. The molecule has 102 valence electrons. The van der Waals surface area contributed by atoms with Gasteiger partial charge >= 0.3 is 0 Å². The molecule has 0 radical (unpaired) electrons. The summed E-state index contributed by atoms with van der Waals surface area (Å²) in [7, 11) is -3.43. The van der Waals surface area contributed by atoms with Gasteiger partial charge in [0.15, 0.2) is 0 Å². The Hall–Kier alpha value is -0.240. The largest absolute Gasteiger partial charge is 0.393 e. The minimum absolute atomic E-state index is 0.124. The van der Waals surface area contributed by atoms with Crippen molar-refractivity contribution in [2.24, 2.45) is 17.6 Å². The van der Waals surface area contributed by atoms with Gasteiger partial charge in [0.25, 0.3) is 10.2 Å². The maximum Gasteiger partial charge on any atom is 0.279 e. The van der Waals surface area contributed by atoms with E-state index in [2.05, 4.69) is 4.72 Å². The highest BCUT2D eigenvalue weighted by molar-refractivity contribution is 7.87. The molecule has 0 rings (SSSR count). The van der Waals surface area contributed by atoms with Crippen molar-refractivity contribution >= 4 is 27.4 Å². The molecule has 3 N–H and O–H groups in total. The topological polar surface area (TPSA) is 75.4 Å². The van der Waals surface area contributed by atoms with Crippen molar-refractivity contribution in [1.82, 2.24) is 9.03 Å². The van der Waals surface area contributed by atoms with E-state index >= 15 is 0 Å². The smallest absolute Gasteiger partial charge is 0.279 e. The summed E-state index contributed by atoms with van der Waals surface area (Å²) in [4.78, 5) is 0.336. The van der Waals surface area contributed by atoms with Gasteiger partial charge in [0.05, 0.1) is 4.99 Å². The maximum absolute atomic E-state index is 12.0. The summed E-state index contributed by atoms with van der Waals surface area (Å²) in [5, 5.41) is 0. The normalized spacial score (nSPS) is 14.2. The van der Waals surface area contributed by atoms with Crippen LogP contribution in [0.25, 0.3) is 0 Å². The molecule has 0 aliphatic heterocycles. The molecule has 0 fully saturated rings. The first-order valence-electron chi connectivity index (χ1n) is 5.74. The third-order valence-corrected chi connectivity index (χ3v) is 4.35. The predicted octanol–water partition coefficient (Wildman–Crippen LogP) is 0.721. The van der Waals surface area contributed by atoms with Gasteiger partial charge in [-0.05, 0) is 5.92 Å². The maximum atomic E-state index is 12.0. The summed E-state index contributed by atoms with van der Waals surface area (Å²) in [6.07, 6.45) is 0. The molecule has 0 aromatic heterocycles. The van der Waals surface area contributed by atoms with Crippen LogP contribution in [-0.4, -0.2) is 37.3 Å². The van der Waals surface area contributed by atoms with Crippen molar-refractivity contribution in [2.45, 2.75) is 27.7 Å². The van der Waals surface area contributed by atoms with Crippen LogP contribution in [0.3, 0.4) is 0 Å². The van der Waals surface area contributed by atoms with Crippen molar-refractivity contribution in [1.29, 1.82) is 0 Å². The van der Waals surface area contributed by atoms with Gasteiger partial charge in [0.2, 0.25) is 0 Å². The van der Waals surface area contributed by atoms with Crippen molar-refractivity contribution < 1.29 is 8.42 Å². The van der Waals surface area contributed by atoms with E-state index in [9.17, 15) is 8.42 Å². The van der Waals surface area contributed by atoms with E-state index in [0.717, 1.165) is 0 Å². The Morgan fingerprint density at radius 2 is 1.94 bits per heavy atom. The molecule has 0 bridgehead atoms. The first-order valence-corrected chi connectivity index (χ1v) is 7.59. The molecule has 0 saturated carbocycles. The molecule has 17 heavy (non-hydrogen) atoms. The van der Waals surface area contributed by atoms with Crippen LogP contribution in [0.2, 0.25) is 0 Å². The van der Waals surface area contributed by atoms with E-state index in [4.69, 9.17) is 18.0 Å². The second kappa shape index (κ2) is 7.25. The zero-order valence-electron chi connectivity index (χ0n) is 10.9.